The normalized spacial score (nSPS) is 27.2. The number of hydrogen-bond donors (Lipinski definition) is 4. The second-order valence-electron chi connectivity index (χ2n) is 4.69. The number of anilines is 1. The molecule has 7 heteroatoms. The van der Waals surface area contributed by atoms with E-state index in [-0.39, 0.29) is 18.0 Å². The van der Waals surface area contributed by atoms with E-state index in [4.69, 9.17) is 15.6 Å². The molecule has 5 N–H and O–H groups in total. The second kappa shape index (κ2) is 4.37. The van der Waals surface area contributed by atoms with Gasteiger partial charge in [-0.15, -0.1) is 0 Å². The van der Waals surface area contributed by atoms with E-state index in [1.165, 1.54) is 0 Å². The molecule has 1 saturated heterocycles. The highest BCUT2D eigenvalue weighted by molar-refractivity contribution is 5.81. The average molecular weight is 265 g/mol. The molecule has 0 saturated carbocycles. The molecule has 0 aliphatic carbocycles. The van der Waals surface area contributed by atoms with Crippen LogP contribution >= 0.6 is 0 Å². The van der Waals surface area contributed by atoms with Crippen molar-refractivity contribution < 1.29 is 14.9 Å². The number of aromatic nitrogens is 2. The summed E-state index contributed by atoms with van der Waals surface area (Å²) in [5.41, 5.74) is 6.02. The highest BCUT2D eigenvalue weighted by Gasteiger charge is 2.34. The van der Waals surface area contributed by atoms with Crippen molar-refractivity contribution in [2.24, 2.45) is 0 Å². The number of aromatic amines is 1. The largest absolute Gasteiger partial charge is 0.394 e. The Balaban J connectivity index is 2.05. The van der Waals surface area contributed by atoms with Gasteiger partial charge in [0.15, 0.2) is 0 Å². The first-order valence-electron chi connectivity index (χ1n) is 6.04. The lowest BCUT2D eigenvalue weighted by atomic mass is 10.2. The molecule has 0 aromatic carbocycles. The van der Waals surface area contributed by atoms with Gasteiger partial charge in [0.1, 0.15) is 18.1 Å². The van der Waals surface area contributed by atoms with Gasteiger partial charge >= 0.3 is 0 Å². The molecule has 3 atom stereocenters. The van der Waals surface area contributed by atoms with Gasteiger partial charge in [0.2, 0.25) is 0 Å². The van der Waals surface area contributed by atoms with Crippen LogP contribution in [-0.2, 0) is 4.74 Å². The number of fused-ring (bicyclic) bond motifs is 1. The first-order valence-corrected chi connectivity index (χ1v) is 6.04. The summed E-state index contributed by atoms with van der Waals surface area (Å²) in [5.74, 6) is 0.273. The van der Waals surface area contributed by atoms with Crippen molar-refractivity contribution in [2.75, 3.05) is 12.3 Å². The molecular weight excluding hydrogens is 250 g/mol. The zero-order chi connectivity index (χ0) is 13.6. The lowest BCUT2D eigenvalue weighted by molar-refractivity contribution is -0.0428. The maximum Gasteiger partial charge on any atom is 0.258 e. The van der Waals surface area contributed by atoms with Crippen molar-refractivity contribution in [3.05, 3.63) is 28.7 Å². The molecule has 0 amide bonds. The quantitative estimate of drug-likeness (QED) is 0.587. The van der Waals surface area contributed by atoms with Crippen LogP contribution in [0.2, 0.25) is 0 Å². The van der Waals surface area contributed by atoms with Gasteiger partial charge in [-0.1, -0.05) is 0 Å². The number of ether oxygens (including phenoxy) is 1. The highest BCUT2D eigenvalue weighted by atomic mass is 16.5. The zero-order valence-electron chi connectivity index (χ0n) is 10.1. The Labute approximate surface area is 108 Å². The van der Waals surface area contributed by atoms with E-state index in [9.17, 15) is 9.90 Å². The Hall–Kier alpha value is -1.83. The number of aliphatic hydroxyl groups excluding tert-OH is 2. The molecule has 0 spiro atoms. The number of pyridine rings is 1. The van der Waals surface area contributed by atoms with Crippen LogP contribution in [0.1, 0.15) is 12.6 Å². The van der Waals surface area contributed by atoms with E-state index < -0.39 is 18.4 Å². The molecule has 1 fully saturated rings. The van der Waals surface area contributed by atoms with Crippen LogP contribution in [0.4, 0.5) is 5.82 Å². The van der Waals surface area contributed by atoms with Gasteiger partial charge < -0.3 is 30.2 Å². The van der Waals surface area contributed by atoms with Crippen molar-refractivity contribution in [2.45, 2.75) is 24.9 Å². The standard InChI is InChI=1S/C12H15N3O4/c13-10-3-7-6(12(18)14-10)1-2-15(7)11-4-8(17)9(5-16)19-11/h1-3,8-9,11,16-17H,4-5H2,(H3,13,14,18)/t8-,9+,11+/m0/s1. The summed E-state index contributed by atoms with van der Waals surface area (Å²) in [4.78, 5) is 14.3. The van der Waals surface area contributed by atoms with E-state index in [2.05, 4.69) is 4.98 Å². The molecule has 19 heavy (non-hydrogen) atoms. The minimum atomic E-state index is -0.716. The highest BCUT2D eigenvalue weighted by Crippen LogP contribution is 2.31. The van der Waals surface area contributed by atoms with E-state index in [0.29, 0.717) is 17.3 Å². The minimum absolute atomic E-state index is 0.237. The third kappa shape index (κ3) is 1.92. The van der Waals surface area contributed by atoms with Crippen LogP contribution in [0.3, 0.4) is 0 Å². The molecule has 0 bridgehead atoms. The smallest absolute Gasteiger partial charge is 0.258 e. The molecule has 3 heterocycles. The van der Waals surface area contributed by atoms with E-state index in [1.54, 1.807) is 22.9 Å². The lowest BCUT2D eigenvalue weighted by Crippen LogP contribution is -2.24. The van der Waals surface area contributed by atoms with Crippen LogP contribution in [-0.4, -0.2) is 38.6 Å². The first kappa shape index (κ1) is 12.2. The molecule has 7 nitrogen and oxygen atoms in total. The minimum Gasteiger partial charge on any atom is -0.394 e. The lowest BCUT2D eigenvalue weighted by Gasteiger charge is -2.15. The third-order valence-electron chi connectivity index (χ3n) is 3.45. The third-order valence-corrected chi connectivity index (χ3v) is 3.45. The van der Waals surface area contributed by atoms with E-state index in [0.717, 1.165) is 0 Å². The monoisotopic (exact) mass is 265 g/mol. The molecule has 1 aliphatic rings. The Bertz CT molecular complexity index is 663. The van der Waals surface area contributed by atoms with Gasteiger partial charge in [0, 0.05) is 18.7 Å². The fourth-order valence-electron chi connectivity index (χ4n) is 2.49. The summed E-state index contributed by atoms with van der Waals surface area (Å²) in [6.45, 7) is -0.237. The number of nitrogens with one attached hydrogen (secondary N) is 1. The van der Waals surface area contributed by atoms with E-state index in [1.807, 2.05) is 0 Å². The number of nitrogens with two attached hydrogens (primary N) is 1. The first-order chi connectivity index (χ1) is 9.10. The molecule has 3 rings (SSSR count). The number of nitrogens with zero attached hydrogens (tertiary/aromatic N) is 1. The Morgan fingerprint density at radius 2 is 2.37 bits per heavy atom. The number of rotatable bonds is 2. The van der Waals surface area contributed by atoms with Crippen LogP contribution in [0, 0.1) is 0 Å². The number of aliphatic hydroxyl groups is 2. The van der Waals surface area contributed by atoms with Gasteiger partial charge in [0.25, 0.3) is 5.56 Å². The van der Waals surface area contributed by atoms with Gasteiger partial charge in [-0.25, -0.2) is 0 Å². The van der Waals surface area contributed by atoms with Crippen molar-refractivity contribution >= 4 is 16.7 Å². The Kier molecular flexibility index (Phi) is 2.81. The predicted octanol–water partition coefficient (Wildman–Crippen LogP) is -0.448. The summed E-state index contributed by atoms with van der Waals surface area (Å²) in [6.07, 6.45) is 0.359. The summed E-state index contributed by atoms with van der Waals surface area (Å²) >= 11 is 0. The number of H-pyrrole nitrogens is 1. The molecule has 102 valence electrons. The fourth-order valence-corrected chi connectivity index (χ4v) is 2.49. The average Bonchev–Trinajstić information content (AvgIpc) is 2.92. The zero-order valence-corrected chi connectivity index (χ0v) is 10.1. The number of hydrogen-bond acceptors (Lipinski definition) is 5. The van der Waals surface area contributed by atoms with Crippen LogP contribution < -0.4 is 11.3 Å². The molecule has 0 unspecified atom stereocenters. The van der Waals surface area contributed by atoms with Crippen LogP contribution in [0.5, 0.6) is 0 Å². The van der Waals surface area contributed by atoms with E-state index >= 15 is 0 Å². The van der Waals surface area contributed by atoms with Gasteiger partial charge in [-0.2, -0.15) is 0 Å². The molecular formula is C12H15N3O4. The summed E-state index contributed by atoms with van der Waals surface area (Å²) < 4.78 is 7.31. The predicted molar refractivity (Wildman–Crippen MR) is 68.6 cm³/mol. The Morgan fingerprint density at radius 1 is 1.58 bits per heavy atom. The van der Waals surface area contributed by atoms with Crippen molar-refractivity contribution in [3.8, 4) is 0 Å². The van der Waals surface area contributed by atoms with Crippen molar-refractivity contribution in [1.29, 1.82) is 0 Å². The van der Waals surface area contributed by atoms with Gasteiger partial charge in [-0.3, -0.25) is 4.79 Å². The summed E-state index contributed by atoms with van der Waals surface area (Å²) in [5, 5.41) is 19.3. The Morgan fingerprint density at radius 3 is 3.05 bits per heavy atom. The molecule has 2 aromatic rings. The van der Waals surface area contributed by atoms with Crippen molar-refractivity contribution in [3.63, 3.8) is 0 Å². The fraction of sp³-hybridized carbons (Fsp3) is 0.417. The molecule has 2 aromatic heterocycles. The van der Waals surface area contributed by atoms with Crippen LogP contribution in [0.15, 0.2) is 23.1 Å². The van der Waals surface area contributed by atoms with Gasteiger partial charge in [-0.05, 0) is 6.07 Å². The maximum absolute atomic E-state index is 11.7. The van der Waals surface area contributed by atoms with Crippen molar-refractivity contribution in [1.82, 2.24) is 9.55 Å². The second-order valence-corrected chi connectivity index (χ2v) is 4.69. The van der Waals surface area contributed by atoms with Gasteiger partial charge in [0.05, 0.1) is 23.6 Å². The number of nitrogen functional groups attached to an aromatic ring is 1. The summed E-state index contributed by atoms with van der Waals surface area (Å²) in [7, 11) is 0. The topological polar surface area (TPSA) is 114 Å². The van der Waals surface area contributed by atoms with Crippen LogP contribution in [0.25, 0.3) is 10.9 Å². The summed E-state index contributed by atoms with van der Waals surface area (Å²) in [6, 6.07) is 3.33. The molecule has 1 aliphatic heterocycles. The molecule has 0 radical (unpaired) electrons. The SMILES string of the molecule is Nc1cc2c(ccn2[C@H]2C[C@H](O)[C@@H](CO)O2)c(=O)[nH]1. The maximum atomic E-state index is 11.7.